The van der Waals surface area contributed by atoms with Crippen molar-refractivity contribution in [3.05, 3.63) is 163 Å². The molecule has 0 bridgehead atoms. The first kappa shape index (κ1) is 22.1. The topological polar surface area (TPSA) is 16.4 Å². The zero-order valence-electron chi connectivity index (χ0n) is 24.8. The number of anilines is 3. The van der Waals surface area contributed by atoms with Crippen molar-refractivity contribution in [3.63, 3.8) is 0 Å². The number of benzene rings is 7. The second kappa shape index (κ2) is 10.1. The van der Waals surface area contributed by atoms with Gasteiger partial charge in [0.25, 0.3) is 0 Å². The fourth-order valence-electron chi connectivity index (χ4n) is 5.72. The van der Waals surface area contributed by atoms with Gasteiger partial charge in [-0.15, -0.1) is 0 Å². The molecule has 0 fully saturated rings. The van der Waals surface area contributed by atoms with E-state index in [1.54, 1.807) is 0 Å². The average Bonchev–Trinajstić information content (AvgIpc) is 3.46. The molecule has 0 atom stereocenters. The van der Waals surface area contributed by atoms with Gasteiger partial charge < -0.3 is 9.32 Å². The molecule has 42 heavy (non-hydrogen) atoms. The van der Waals surface area contributed by atoms with Gasteiger partial charge in [0.2, 0.25) is 0 Å². The summed E-state index contributed by atoms with van der Waals surface area (Å²) in [4.78, 5) is 2.24. The zero-order valence-corrected chi connectivity index (χ0v) is 22.8. The van der Waals surface area contributed by atoms with E-state index < -0.39 is 0 Å². The summed E-state index contributed by atoms with van der Waals surface area (Å²) in [6.45, 7) is 0. The Labute approximate surface area is 247 Å². The van der Waals surface area contributed by atoms with Crippen molar-refractivity contribution in [2.24, 2.45) is 0 Å². The lowest BCUT2D eigenvalue weighted by molar-refractivity contribution is 0.669. The van der Waals surface area contributed by atoms with Gasteiger partial charge in [-0.05, 0) is 87.3 Å². The molecule has 8 aromatic rings. The Bertz CT molecular complexity index is 2290. The number of furan rings is 1. The molecule has 1 aromatic heterocycles. The highest BCUT2D eigenvalue weighted by atomic mass is 16.3. The number of para-hydroxylation sites is 1. The summed E-state index contributed by atoms with van der Waals surface area (Å²) >= 11 is 0. The molecule has 0 radical (unpaired) electrons. The van der Waals surface area contributed by atoms with Crippen LogP contribution in [0, 0.1) is 0 Å². The molecule has 2 heteroatoms. The Kier molecular flexibility index (Phi) is 5.32. The first-order chi connectivity index (χ1) is 21.6. The van der Waals surface area contributed by atoms with E-state index in [1.807, 2.05) is 66.7 Å². The second-order valence-electron chi connectivity index (χ2n) is 10.5. The molecule has 0 aliphatic rings. The van der Waals surface area contributed by atoms with E-state index in [-0.39, 0.29) is 12.1 Å². The minimum atomic E-state index is 0.154. The lowest BCUT2D eigenvalue weighted by atomic mass is 10.1. The molecule has 0 N–H and O–H groups in total. The van der Waals surface area contributed by atoms with Gasteiger partial charge in [-0.25, -0.2) is 0 Å². The van der Waals surface area contributed by atoms with Crippen LogP contribution in [0.15, 0.2) is 156 Å². The molecule has 0 saturated heterocycles. The number of nitrogens with zero attached hydrogens (tertiary/aromatic N) is 1. The van der Waals surface area contributed by atoms with Crippen LogP contribution in [0.3, 0.4) is 0 Å². The number of hydrogen-bond donors (Lipinski definition) is 0. The van der Waals surface area contributed by atoms with Gasteiger partial charge in [0.1, 0.15) is 11.2 Å². The highest BCUT2D eigenvalue weighted by Gasteiger charge is 2.14. The maximum absolute atomic E-state index is 8.91. The van der Waals surface area contributed by atoms with E-state index in [4.69, 9.17) is 7.16 Å². The van der Waals surface area contributed by atoms with Crippen molar-refractivity contribution in [1.82, 2.24) is 0 Å². The van der Waals surface area contributed by atoms with E-state index in [2.05, 4.69) is 89.8 Å². The Morgan fingerprint density at radius 1 is 0.429 bits per heavy atom. The molecule has 0 amide bonds. The summed E-state index contributed by atoms with van der Waals surface area (Å²) in [5.74, 6) is 0. The predicted molar refractivity (Wildman–Crippen MR) is 179 cm³/mol. The zero-order chi connectivity index (χ0) is 29.6. The third kappa shape index (κ3) is 4.40. The average molecular weight is 540 g/mol. The molecule has 0 unspecified atom stereocenters. The van der Waals surface area contributed by atoms with Crippen LogP contribution in [-0.2, 0) is 0 Å². The van der Waals surface area contributed by atoms with Crippen molar-refractivity contribution >= 4 is 72.6 Å². The summed E-state index contributed by atoms with van der Waals surface area (Å²) in [6, 6.07) is 51.7. The second-order valence-corrected chi connectivity index (χ2v) is 10.5. The van der Waals surface area contributed by atoms with Crippen LogP contribution in [0.1, 0.15) is 13.9 Å². The van der Waals surface area contributed by atoms with Gasteiger partial charge in [0.15, 0.2) is 0 Å². The molecule has 2 nitrogen and oxygen atoms in total. The molecule has 198 valence electrons. The predicted octanol–water partition coefficient (Wildman–Crippen LogP) is 11.5. The molecular formula is C40H27NO. The summed E-state index contributed by atoms with van der Waals surface area (Å²) in [6.07, 6.45) is 0. The van der Waals surface area contributed by atoms with E-state index in [9.17, 15) is 0 Å². The molecule has 0 spiro atoms. The number of fused-ring (bicyclic) bond motifs is 5. The molecular weight excluding hydrogens is 510 g/mol. The fourth-order valence-corrected chi connectivity index (χ4v) is 5.72. The smallest absolute Gasteiger partial charge is 0.136 e. The first-order valence-corrected chi connectivity index (χ1v) is 14.1. The molecule has 0 aliphatic heterocycles. The highest BCUT2D eigenvalue weighted by molar-refractivity contribution is 6.05. The number of rotatable bonds is 5. The van der Waals surface area contributed by atoms with Crippen LogP contribution in [0.5, 0.6) is 0 Å². The number of hydrogen-bond acceptors (Lipinski definition) is 2. The van der Waals surface area contributed by atoms with Gasteiger partial charge in [-0.2, -0.15) is 0 Å². The molecule has 0 aliphatic carbocycles. The Morgan fingerprint density at radius 2 is 0.952 bits per heavy atom. The maximum atomic E-state index is 8.91. The fraction of sp³-hybridized carbons (Fsp3) is 0. The van der Waals surface area contributed by atoms with E-state index in [0.29, 0.717) is 11.1 Å². The van der Waals surface area contributed by atoms with Crippen molar-refractivity contribution in [2.45, 2.75) is 0 Å². The van der Waals surface area contributed by atoms with Crippen molar-refractivity contribution in [3.8, 4) is 0 Å². The quantitative estimate of drug-likeness (QED) is 0.202. The van der Waals surface area contributed by atoms with Crippen molar-refractivity contribution in [1.29, 1.82) is 0 Å². The van der Waals surface area contributed by atoms with Crippen molar-refractivity contribution < 1.29 is 7.16 Å². The van der Waals surface area contributed by atoms with Gasteiger partial charge in [-0.3, -0.25) is 0 Å². The van der Waals surface area contributed by atoms with Crippen LogP contribution < -0.4 is 4.90 Å². The van der Waals surface area contributed by atoms with Crippen LogP contribution in [0.25, 0.3) is 55.6 Å². The molecule has 1 heterocycles. The minimum absolute atomic E-state index is 0.154. The lowest BCUT2D eigenvalue weighted by Gasteiger charge is -2.26. The monoisotopic (exact) mass is 539 g/mol. The molecule has 0 saturated carbocycles. The Balaban J connectivity index is 1.19. The summed E-state index contributed by atoms with van der Waals surface area (Å²) in [7, 11) is 0. The first-order valence-electron chi connectivity index (χ1n) is 15.1. The van der Waals surface area contributed by atoms with Gasteiger partial charge in [-0.1, -0.05) is 109 Å². The van der Waals surface area contributed by atoms with Crippen LogP contribution in [0.4, 0.5) is 17.1 Å². The SMILES string of the molecule is [2H]/C(=C(/[2H])c1ccc2c(c1)oc1ccccc12)c1ccc(N(c2ccc3ccccc3c2)c2ccc3ccccc3c2)cc1. The van der Waals surface area contributed by atoms with Crippen LogP contribution in [-0.4, -0.2) is 0 Å². The third-order valence-electron chi connectivity index (χ3n) is 7.84. The molecule has 8 rings (SSSR count). The largest absolute Gasteiger partial charge is 0.456 e. The van der Waals surface area contributed by atoms with Crippen molar-refractivity contribution in [2.75, 3.05) is 4.90 Å². The minimum Gasteiger partial charge on any atom is -0.456 e. The van der Waals surface area contributed by atoms with Crippen LogP contribution >= 0.6 is 0 Å². The maximum Gasteiger partial charge on any atom is 0.136 e. The lowest BCUT2D eigenvalue weighted by Crippen LogP contribution is -2.09. The highest BCUT2D eigenvalue weighted by Crippen LogP contribution is 2.37. The summed E-state index contributed by atoms with van der Waals surface area (Å²) in [5.41, 5.74) is 5.95. The summed E-state index contributed by atoms with van der Waals surface area (Å²) < 4.78 is 23.8. The van der Waals surface area contributed by atoms with E-state index in [0.717, 1.165) is 39.0 Å². The van der Waals surface area contributed by atoms with Gasteiger partial charge in [0, 0.05) is 27.8 Å². The normalized spacial score (nSPS) is 12.9. The third-order valence-corrected chi connectivity index (χ3v) is 7.84. The Morgan fingerprint density at radius 3 is 1.64 bits per heavy atom. The summed E-state index contributed by atoms with van der Waals surface area (Å²) in [5, 5.41) is 6.79. The van der Waals surface area contributed by atoms with Gasteiger partial charge in [0.05, 0.1) is 2.74 Å². The standard InChI is InChI=1S/C40H27NO/c1-3-9-32-26-35(22-18-30(32)7-1)41(36-23-19-31-8-2-4-10-33(31)27-36)34-20-15-28(16-21-34)13-14-29-17-24-38-37-11-5-6-12-39(37)42-40(38)25-29/h1-27H/b14-13+/i13D,14D. The van der Waals surface area contributed by atoms with Crippen LogP contribution in [0.2, 0.25) is 0 Å². The van der Waals surface area contributed by atoms with Gasteiger partial charge >= 0.3 is 0 Å². The van der Waals surface area contributed by atoms with E-state index >= 15 is 0 Å². The molecule has 7 aromatic carbocycles. The Hall–Kier alpha value is -5.60. The van der Waals surface area contributed by atoms with E-state index in [1.165, 1.54) is 21.5 Å².